The highest BCUT2D eigenvalue weighted by Crippen LogP contribution is 2.33. The van der Waals surface area contributed by atoms with Gasteiger partial charge in [-0.3, -0.25) is 4.40 Å². The van der Waals surface area contributed by atoms with Crippen LogP contribution in [0.4, 0.5) is 17.3 Å². The van der Waals surface area contributed by atoms with Gasteiger partial charge in [0.05, 0.1) is 43.0 Å². The molecule has 9 nitrogen and oxygen atoms in total. The smallest absolute Gasteiger partial charge is 0.227 e. The zero-order valence-corrected chi connectivity index (χ0v) is 19.1. The summed E-state index contributed by atoms with van der Waals surface area (Å²) in [5, 5.41) is 8.09. The molecule has 0 spiro atoms. The maximum atomic E-state index is 6.46. The largest absolute Gasteiger partial charge is 0.497 e. The third-order valence-corrected chi connectivity index (χ3v) is 5.84. The standard InChI is InChI=1S/C23H23ClN7O2/c1-32-16-5-8-31-19(14-26-21(31)12-16)22-17(24)13-27-23(29-22)28-18-4-3-15(11-20(18)33-2)30-9-6-25-7-10-30/h3-5,8,11-14H,6-7,9-10H2,1-2H3,(H,27,28,29). The van der Waals surface area contributed by atoms with Gasteiger partial charge in [-0.25, -0.2) is 20.3 Å². The Hall–Kier alpha value is -3.56. The van der Waals surface area contributed by atoms with Crippen LogP contribution in [0.2, 0.25) is 5.02 Å². The van der Waals surface area contributed by atoms with Gasteiger partial charge in [-0.2, -0.15) is 0 Å². The number of methoxy groups -OCH3 is 2. The molecule has 4 aromatic rings. The molecule has 0 bridgehead atoms. The van der Waals surface area contributed by atoms with E-state index in [4.69, 9.17) is 21.1 Å². The molecule has 10 heteroatoms. The van der Waals surface area contributed by atoms with Crippen LogP contribution in [-0.4, -0.2) is 59.8 Å². The van der Waals surface area contributed by atoms with Crippen molar-refractivity contribution in [1.29, 1.82) is 0 Å². The molecule has 1 radical (unpaired) electrons. The number of fused-ring (bicyclic) bond motifs is 1. The molecule has 0 saturated carbocycles. The summed E-state index contributed by atoms with van der Waals surface area (Å²) >= 11 is 6.46. The summed E-state index contributed by atoms with van der Waals surface area (Å²) in [6, 6.07) is 9.75. The lowest BCUT2D eigenvalue weighted by atomic mass is 10.2. The number of rotatable bonds is 6. The van der Waals surface area contributed by atoms with Crippen molar-refractivity contribution in [2.24, 2.45) is 0 Å². The number of halogens is 1. The normalized spacial score (nSPS) is 13.8. The van der Waals surface area contributed by atoms with Crippen molar-refractivity contribution in [3.05, 3.63) is 53.9 Å². The van der Waals surface area contributed by atoms with E-state index in [1.807, 2.05) is 34.9 Å². The predicted octanol–water partition coefficient (Wildman–Crippen LogP) is 3.63. The van der Waals surface area contributed by atoms with Crippen LogP contribution in [0.15, 0.2) is 48.9 Å². The zero-order chi connectivity index (χ0) is 22.8. The molecule has 0 amide bonds. The Morgan fingerprint density at radius 1 is 1.00 bits per heavy atom. The van der Waals surface area contributed by atoms with Gasteiger partial charge in [0.15, 0.2) is 0 Å². The van der Waals surface area contributed by atoms with Crippen LogP contribution >= 0.6 is 11.6 Å². The number of hydrogen-bond acceptors (Lipinski definition) is 7. The third kappa shape index (κ3) is 4.24. The van der Waals surface area contributed by atoms with Gasteiger partial charge in [-0.1, -0.05) is 11.6 Å². The molecule has 169 valence electrons. The molecule has 1 fully saturated rings. The molecule has 4 heterocycles. The lowest BCUT2D eigenvalue weighted by Gasteiger charge is -2.29. The highest BCUT2D eigenvalue weighted by Gasteiger charge is 2.16. The van der Waals surface area contributed by atoms with E-state index in [1.54, 1.807) is 26.6 Å². The molecule has 5 rings (SSSR count). The van der Waals surface area contributed by atoms with E-state index in [1.165, 1.54) is 0 Å². The summed E-state index contributed by atoms with van der Waals surface area (Å²) in [5.41, 5.74) is 3.92. The highest BCUT2D eigenvalue weighted by molar-refractivity contribution is 6.32. The fourth-order valence-electron chi connectivity index (χ4n) is 3.84. The number of benzene rings is 1. The summed E-state index contributed by atoms with van der Waals surface area (Å²) < 4.78 is 12.8. The van der Waals surface area contributed by atoms with Crippen LogP contribution in [-0.2, 0) is 0 Å². The highest BCUT2D eigenvalue weighted by atomic mass is 35.5. The first-order valence-electron chi connectivity index (χ1n) is 10.5. The van der Waals surface area contributed by atoms with E-state index < -0.39 is 0 Å². The van der Waals surface area contributed by atoms with Gasteiger partial charge in [-0.15, -0.1) is 0 Å². The van der Waals surface area contributed by atoms with Gasteiger partial charge in [0.25, 0.3) is 0 Å². The van der Waals surface area contributed by atoms with Gasteiger partial charge in [-0.05, 0) is 18.2 Å². The van der Waals surface area contributed by atoms with Crippen molar-refractivity contribution >= 4 is 34.6 Å². The van der Waals surface area contributed by atoms with E-state index in [2.05, 4.69) is 36.6 Å². The first kappa shape index (κ1) is 21.3. The minimum atomic E-state index is 0.403. The Morgan fingerprint density at radius 2 is 1.85 bits per heavy atom. The quantitative estimate of drug-likeness (QED) is 0.466. The fourth-order valence-corrected chi connectivity index (χ4v) is 4.02. The van der Waals surface area contributed by atoms with Crippen LogP contribution in [0.5, 0.6) is 11.5 Å². The summed E-state index contributed by atoms with van der Waals surface area (Å²) in [7, 11) is 3.27. The van der Waals surface area contributed by atoms with Gasteiger partial charge >= 0.3 is 0 Å². The number of ether oxygens (including phenoxy) is 2. The van der Waals surface area contributed by atoms with E-state index in [0.717, 1.165) is 54.6 Å². The predicted molar refractivity (Wildman–Crippen MR) is 128 cm³/mol. The average molecular weight is 465 g/mol. The van der Waals surface area contributed by atoms with Crippen molar-refractivity contribution in [2.75, 3.05) is 50.6 Å². The molecule has 3 aromatic heterocycles. The molecule has 1 aliphatic rings. The monoisotopic (exact) mass is 464 g/mol. The molecule has 1 aliphatic heterocycles. The lowest BCUT2D eigenvalue weighted by molar-refractivity contribution is 0.414. The Morgan fingerprint density at radius 3 is 2.64 bits per heavy atom. The molecule has 0 aliphatic carbocycles. The van der Waals surface area contributed by atoms with Crippen LogP contribution in [0.3, 0.4) is 0 Å². The zero-order valence-electron chi connectivity index (χ0n) is 18.3. The van der Waals surface area contributed by atoms with E-state index >= 15 is 0 Å². The van der Waals surface area contributed by atoms with Gasteiger partial charge in [0.1, 0.15) is 22.8 Å². The lowest BCUT2D eigenvalue weighted by Crippen LogP contribution is -2.40. The van der Waals surface area contributed by atoms with Gasteiger partial charge in [0.2, 0.25) is 5.95 Å². The number of piperazine rings is 1. The Bertz CT molecular complexity index is 1290. The summed E-state index contributed by atoms with van der Waals surface area (Å²) in [6.45, 7) is 3.51. The minimum absolute atomic E-state index is 0.403. The number of nitrogens with one attached hydrogen (secondary N) is 1. The number of hydrogen-bond donors (Lipinski definition) is 1. The molecular formula is C23H23ClN7O2. The molecule has 1 aromatic carbocycles. The second kappa shape index (κ2) is 9.13. The summed E-state index contributed by atoms with van der Waals surface area (Å²) in [4.78, 5) is 15.8. The number of pyridine rings is 1. The maximum Gasteiger partial charge on any atom is 0.227 e. The van der Waals surface area contributed by atoms with Crippen LogP contribution < -0.4 is 25.0 Å². The first-order chi connectivity index (χ1) is 16.2. The molecule has 0 atom stereocenters. The average Bonchev–Trinajstić information content (AvgIpc) is 3.29. The van der Waals surface area contributed by atoms with Crippen molar-refractivity contribution in [2.45, 2.75) is 0 Å². The molecular weight excluding hydrogens is 442 g/mol. The minimum Gasteiger partial charge on any atom is -0.497 e. The number of imidazole rings is 1. The van der Waals surface area contributed by atoms with Gasteiger partial charge in [0, 0.05) is 50.2 Å². The van der Waals surface area contributed by atoms with Crippen molar-refractivity contribution in [3.63, 3.8) is 0 Å². The number of aromatic nitrogens is 4. The molecule has 1 saturated heterocycles. The fraction of sp³-hybridized carbons (Fsp3) is 0.261. The van der Waals surface area contributed by atoms with Gasteiger partial charge < -0.3 is 19.7 Å². The van der Waals surface area contributed by atoms with Crippen LogP contribution in [0, 0.1) is 0 Å². The first-order valence-corrected chi connectivity index (χ1v) is 10.9. The maximum absolute atomic E-state index is 6.46. The number of nitrogens with zero attached hydrogens (tertiary/aromatic N) is 6. The Kier molecular flexibility index (Phi) is 5.89. The van der Waals surface area contributed by atoms with Crippen molar-refractivity contribution in [3.8, 4) is 22.9 Å². The summed E-state index contributed by atoms with van der Waals surface area (Å²) in [6.07, 6.45) is 5.18. The van der Waals surface area contributed by atoms with E-state index in [9.17, 15) is 0 Å². The second-order valence-electron chi connectivity index (χ2n) is 7.50. The number of anilines is 3. The van der Waals surface area contributed by atoms with Crippen molar-refractivity contribution in [1.82, 2.24) is 24.7 Å². The molecule has 1 N–H and O–H groups in total. The Balaban J connectivity index is 1.45. The molecule has 0 unspecified atom stereocenters. The Labute approximate surface area is 196 Å². The second-order valence-corrected chi connectivity index (χ2v) is 7.90. The topological polar surface area (TPSA) is 90.9 Å². The van der Waals surface area contributed by atoms with E-state index in [-0.39, 0.29) is 0 Å². The van der Waals surface area contributed by atoms with Crippen LogP contribution in [0.1, 0.15) is 0 Å². The van der Waals surface area contributed by atoms with E-state index in [0.29, 0.717) is 22.4 Å². The summed E-state index contributed by atoms with van der Waals surface area (Å²) in [5.74, 6) is 1.84. The SMILES string of the molecule is COc1ccn2c(-c3nc(Nc4ccc(N5CC[N]CC5)cc4OC)ncc3Cl)cnc2c1. The third-order valence-electron chi connectivity index (χ3n) is 5.56. The van der Waals surface area contributed by atoms with Crippen molar-refractivity contribution < 1.29 is 9.47 Å². The van der Waals surface area contributed by atoms with Crippen LogP contribution in [0.25, 0.3) is 17.0 Å². The molecule has 33 heavy (non-hydrogen) atoms.